The molecule has 32 heavy (non-hydrogen) atoms. The minimum Gasteiger partial charge on any atom is -0.468 e. The standard InChI is InChI=1S/C23H25NO7S/c1-5-13-30-23(27)20-15(3)19(22(26)29-6-2)21(32-20)24-18(25)12-9-16-7-10-17(11-8-16)31-14-28-4/h5,7-12H,1,6,13-14H2,2-4H3,(H,24,25)/b12-9+. The topological polar surface area (TPSA) is 100 Å². The summed E-state index contributed by atoms with van der Waals surface area (Å²) in [4.78, 5) is 37.4. The number of carbonyl (C=O) groups is 3. The molecule has 0 unspecified atom stereocenters. The van der Waals surface area contributed by atoms with E-state index in [9.17, 15) is 14.4 Å². The molecule has 0 radical (unpaired) electrons. The lowest BCUT2D eigenvalue weighted by Crippen LogP contribution is -2.13. The van der Waals surface area contributed by atoms with Crippen LogP contribution >= 0.6 is 11.3 Å². The highest BCUT2D eigenvalue weighted by Gasteiger charge is 2.27. The van der Waals surface area contributed by atoms with Crippen LogP contribution in [0.4, 0.5) is 5.00 Å². The van der Waals surface area contributed by atoms with Gasteiger partial charge in [0.25, 0.3) is 0 Å². The average molecular weight is 460 g/mol. The fourth-order valence-electron chi connectivity index (χ4n) is 2.57. The fraction of sp³-hybridized carbons (Fsp3) is 0.261. The van der Waals surface area contributed by atoms with E-state index in [0.29, 0.717) is 11.3 Å². The van der Waals surface area contributed by atoms with E-state index in [1.807, 2.05) is 0 Å². The van der Waals surface area contributed by atoms with Gasteiger partial charge in [0.1, 0.15) is 22.2 Å². The third kappa shape index (κ3) is 6.79. The number of hydrogen-bond donors (Lipinski definition) is 1. The minimum atomic E-state index is -0.630. The molecule has 0 saturated heterocycles. The number of rotatable bonds is 11. The van der Waals surface area contributed by atoms with Crippen LogP contribution in [0.15, 0.2) is 43.0 Å². The van der Waals surface area contributed by atoms with Crippen LogP contribution < -0.4 is 10.1 Å². The molecule has 0 bridgehead atoms. The first-order valence-electron chi connectivity index (χ1n) is 9.70. The number of esters is 2. The Balaban J connectivity index is 2.19. The van der Waals surface area contributed by atoms with E-state index in [2.05, 4.69) is 11.9 Å². The lowest BCUT2D eigenvalue weighted by atomic mass is 10.1. The van der Waals surface area contributed by atoms with Crippen molar-refractivity contribution in [2.75, 3.05) is 32.4 Å². The molecule has 1 heterocycles. The van der Waals surface area contributed by atoms with Crippen molar-refractivity contribution < 1.29 is 33.3 Å². The molecule has 0 aliphatic carbocycles. The van der Waals surface area contributed by atoms with Gasteiger partial charge in [0.2, 0.25) is 5.91 Å². The molecule has 1 aromatic heterocycles. The molecule has 1 N–H and O–H groups in total. The first-order valence-corrected chi connectivity index (χ1v) is 10.5. The molecule has 0 aliphatic heterocycles. The van der Waals surface area contributed by atoms with E-state index in [0.717, 1.165) is 16.9 Å². The molecule has 0 atom stereocenters. The number of hydrogen-bond acceptors (Lipinski definition) is 8. The number of methoxy groups -OCH3 is 1. The number of nitrogens with one attached hydrogen (secondary N) is 1. The number of ether oxygens (including phenoxy) is 4. The highest BCUT2D eigenvalue weighted by atomic mass is 32.1. The summed E-state index contributed by atoms with van der Waals surface area (Å²) >= 11 is 0.955. The summed E-state index contributed by atoms with van der Waals surface area (Å²) < 4.78 is 20.3. The second kappa shape index (κ2) is 12.4. The summed E-state index contributed by atoms with van der Waals surface area (Å²) in [6.07, 6.45) is 4.38. The second-order valence-corrected chi connectivity index (χ2v) is 7.33. The van der Waals surface area contributed by atoms with Gasteiger partial charge in [-0.05, 0) is 43.2 Å². The Morgan fingerprint density at radius 2 is 1.84 bits per heavy atom. The van der Waals surface area contributed by atoms with E-state index < -0.39 is 17.8 Å². The van der Waals surface area contributed by atoms with Gasteiger partial charge < -0.3 is 24.3 Å². The summed E-state index contributed by atoms with van der Waals surface area (Å²) in [5.74, 6) is -1.07. The quantitative estimate of drug-likeness (QED) is 0.232. The predicted molar refractivity (Wildman–Crippen MR) is 122 cm³/mol. The molecule has 9 heteroatoms. The zero-order chi connectivity index (χ0) is 23.5. The molecule has 1 aromatic carbocycles. The van der Waals surface area contributed by atoms with Crippen LogP contribution in [0.3, 0.4) is 0 Å². The lowest BCUT2D eigenvalue weighted by Gasteiger charge is -2.06. The van der Waals surface area contributed by atoms with Gasteiger partial charge in [-0.3, -0.25) is 4.79 Å². The molecule has 0 fully saturated rings. The monoisotopic (exact) mass is 459 g/mol. The van der Waals surface area contributed by atoms with Gasteiger partial charge in [-0.15, -0.1) is 11.3 Å². The third-order valence-electron chi connectivity index (χ3n) is 4.03. The molecule has 0 spiro atoms. The van der Waals surface area contributed by atoms with Crippen LogP contribution in [0.2, 0.25) is 0 Å². The predicted octanol–water partition coefficient (Wildman–Crippen LogP) is 4.21. The van der Waals surface area contributed by atoms with Crippen LogP contribution in [0.25, 0.3) is 6.08 Å². The van der Waals surface area contributed by atoms with Gasteiger partial charge in [-0.2, -0.15) is 0 Å². The number of carbonyl (C=O) groups excluding carboxylic acids is 3. The average Bonchev–Trinajstić information content (AvgIpc) is 3.11. The maximum atomic E-state index is 12.5. The van der Waals surface area contributed by atoms with Crippen molar-refractivity contribution in [3.8, 4) is 5.75 Å². The Morgan fingerprint density at radius 3 is 2.47 bits per heavy atom. The fourth-order valence-corrected chi connectivity index (χ4v) is 3.66. The molecule has 8 nitrogen and oxygen atoms in total. The van der Waals surface area contributed by atoms with Gasteiger partial charge in [-0.25, -0.2) is 9.59 Å². The van der Waals surface area contributed by atoms with Crippen LogP contribution in [-0.2, 0) is 19.0 Å². The molecule has 0 aliphatic rings. The zero-order valence-electron chi connectivity index (χ0n) is 18.1. The maximum absolute atomic E-state index is 12.5. The van der Waals surface area contributed by atoms with Gasteiger partial charge in [0, 0.05) is 13.2 Å². The van der Waals surface area contributed by atoms with Gasteiger partial charge in [0.05, 0.1) is 12.2 Å². The SMILES string of the molecule is C=CCOC(=O)c1sc(NC(=O)/C=C/c2ccc(OCOC)cc2)c(C(=O)OCC)c1C. The van der Waals surface area contributed by atoms with Crippen LogP contribution in [0.1, 0.15) is 38.1 Å². The van der Waals surface area contributed by atoms with E-state index in [1.54, 1.807) is 44.2 Å². The van der Waals surface area contributed by atoms with Gasteiger partial charge >= 0.3 is 11.9 Å². The summed E-state index contributed by atoms with van der Waals surface area (Å²) in [6.45, 7) is 7.11. The molecule has 0 saturated carbocycles. The smallest absolute Gasteiger partial charge is 0.348 e. The van der Waals surface area contributed by atoms with Crippen LogP contribution in [0.5, 0.6) is 5.75 Å². The van der Waals surface area contributed by atoms with Crippen molar-refractivity contribution in [3.63, 3.8) is 0 Å². The highest BCUT2D eigenvalue weighted by Crippen LogP contribution is 2.34. The van der Waals surface area contributed by atoms with E-state index in [4.69, 9.17) is 18.9 Å². The van der Waals surface area contributed by atoms with Crippen molar-refractivity contribution >= 4 is 40.3 Å². The lowest BCUT2D eigenvalue weighted by molar-refractivity contribution is -0.111. The third-order valence-corrected chi connectivity index (χ3v) is 5.22. The van der Waals surface area contributed by atoms with Crippen molar-refractivity contribution in [2.24, 2.45) is 0 Å². The normalized spacial score (nSPS) is 10.6. The van der Waals surface area contributed by atoms with E-state index >= 15 is 0 Å². The Bertz CT molecular complexity index is 993. The first kappa shape index (κ1) is 24.8. The van der Waals surface area contributed by atoms with Crippen molar-refractivity contribution in [1.82, 2.24) is 0 Å². The van der Waals surface area contributed by atoms with Crippen LogP contribution in [-0.4, -0.2) is 45.0 Å². The highest BCUT2D eigenvalue weighted by molar-refractivity contribution is 7.18. The minimum absolute atomic E-state index is 0.0324. The molecule has 2 aromatic rings. The van der Waals surface area contributed by atoms with Crippen LogP contribution in [0, 0.1) is 6.92 Å². The first-order chi connectivity index (χ1) is 15.4. The van der Waals surface area contributed by atoms with E-state index in [1.165, 1.54) is 19.3 Å². The summed E-state index contributed by atoms with van der Waals surface area (Å²) in [5, 5.41) is 2.87. The van der Waals surface area contributed by atoms with Crippen molar-refractivity contribution in [2.45, 2.75) is 13.8 Å². The Labute approximate surface area is 190 Å². The maximum Gasteiger partial charge on any atom is 0.348 e. The molecule has 1 amide bonds. The Kier molecular flexibility index (Phi) is 9.65. The summed E-state index contributed by atoms with van der Waals surface area (Å²) in [7, 11) is 1.53. The number of amides is 1. The molecule has 2 rings (SSSR count). The zero-order valence-corrected chi connectivity index (χ0v) is 19.0. The summed E-state index contributed by atoms with van der Waals surface area (Å²) in [6, 6.07) is 7.06. The Hall–Kier alpha value is -3.43. The van der Waals surface area contributed by atoms with Crippen molar-refractivity contribution in [1.29, 1.82) is 0 Å². The van der Waals surface area contributed by atoms with Crippen molar-refractivity contribution in [3.05, 3.63) is 64.6 Å². The molecular formula is C23H25NO7S. The Morgan fingerprint density at radius 1 is 1.12 bits per heavy atom. The summed E-state index contributed by atoms with van der Waals surface area (Å²) in [5.41, 5.74) is 1.28. The number of benzene rings is 1. The van der Waals surface area contributed by atoms with Gasteiger partial charge in [0.15, 0.2) is 6.79 Å². The molecular weight excluding hydrogens is 434 g/mol. The largest absolute Gasteiger partial charge is 0.468 e. The van der Waals surface area contributed by atoms with E-state index in [-0.39, 0.29) is 35.4 Å². The number of anilines is 1. The molecule has 170 valence electrons. The second-order valence-electron chi connectivity index (χ2n) is 6.31. The van der Waals surface area contributed by atoms with Gasteiger partial charge in [-0.1, -0.05) is 24.8 Å². The number of thiophene rings is 1.